The molecule has 63 heavy (non-hydrogen) atoms. The number of ether oxygens (including phenoxy) is 3. The first-order valence-corrected chi connectivity index (χ1v) is 25.7. The van der Waals surface area contributed by atoms with E-state index in [0.717, 1.165) is 116 Å². The van der Waals surface area contributed by atoms with Gasteiger partial charge >= 0.3 is 17.9 Å². The minimum atomic E-state index is -0.816. The second-order valence-corrected chi connectivity index (χ2v) is 16.7. The van der Waals surface area contributed by atoms with Crippen molar-refractivity contribution in [1.29, 1.82) is 0 Å². The van der Waals surface area contributed by atoms with Crippen LogP contribution >= 0.6 is 0 Å². The van der Waals surface area contributed by atoms with E-state index in [4.69, 9.17) is 14.2 Å². The standard InChI is InChI=1S/C57H94O6/c1-4-7-10-13-16-19-22-25-27-28-30-33-36-39-42-45-48-51-57(60)63-54(52-61-55(58)49-46-43-40-37-34-31-24-21-18-15-12-9-6-3)53-62-56(59)50-47-44-41-38-35-32-29-26-23-20-17-14-11-8-5-2/h7,10,16-17,19-21,24-27,29-30,33,39,42,54H,4-6,8-9,11-15,18,22-23,28,31-32,34-38,40-41,43-53H2,1-3H3/b10-7-,19-16-,20-17-,24-21-,27-25-,29-26-,33-30-,42-39-/t54-/m0/s1. The van der Waals surface area contributed by atoms with Crippen molar-refractivity contribution < 1.29 is 28.6 Å². The predicted octanol–water partition coefficient (Wildman–Crippen LogP) is 17.0. The molecule has 358 valence electrons. The van der Waals surface area contributed by atoms with E-state index in [-0.39, 0.29) is 37.5 Å². The minimum Gasteiger partial charge on any atom is -0.462 e. The Morgan fingerprint density at radius 1 is 0.333 bits per heavy atom. The first-order valence-electron chi connectivity index (χ1n) is 25.7. The Morgan fingerprint density at radius 3 is 1.06 bits per heavy atom. The summed E-state index contributed by atoms with van der Waals surface area (Å²) >= 11 is 0. The molecule has 0 amide bonds. The van der Waals surface area contributed by atoms with Crippen molar-refractivity contribution in [3.05, 3.63) is 97.2 Å². The van der Waals surface area contributed by atoms with Crippen LogP contribution < -0.4 is 0 Å². The summed E-state index contributed by atoms with van der Waals surface area (Å²) in [5, 5.41) is 0. The van der Waals surface area contributed by atoms with E-state index in [1.165, 1.54) is 64.2 Å². The smallest absolute Gasteiger partial charge is 0.306 e. The minimum absolute atomic E-state index is 0.110. The largest absolute Gasteiger partial charge is 0.462 e. The number of unbranched alkanes of at least 4 members (excludes halogenated alkanes) is 18. The zero-order valence-electron chi connectivity index (χ0n) is 40.8. The maximum Gasteiger partial charge on any atom is 0.306 e. The highest BCUT2D eigenvalue weighted by Crippen LogP contribution is 2.12. The van der Waals surface area contributed by atoms with Crippen molar-refractivity contribution in [1.82, 2.24) is 0 Å². The summed E-state index contributed by atoms with van der Waals surface area (Å²) in [7, 11) is 0. The Balaban J connectivity index is 4.53. The Bertz CT molecular complexity index is 1280. The molecule has 0 aliphatic rings. The summed E-state index contributed by atoms with van der Waals surface area (Å²) in [5.74, 6) is -0.995. The average molecular weight is 875 g/mol. The van der Waals surface area contributed by atoms with Crippen LogP contribution in [0.1, 0.15) is 226 Å². The number of allylic oxidation sites excluding steroid dienone is 16. The van der Waals surface area contributed by atoms with Gasteiger partial charge in [0.1, 0.15) is 13.2 Å². The molecule has 0 aromatic heterocycles. The normalized spacial score (nSPS) is 12.9. The molecule has 0 saturated heterocycles. The topological polar surface area (TPSA) is 78.9 Å². The van der Waals surface area contributed by atoms with Gasteiger partial charge in [-0.25, -0.2) is 0 Å². The maximum absolute atomic E-state index is 12.8. The fourth-order valence-electron chi connectivity index (χ4n) is 6.68. The molecule has 0 unspecified atom stereocenters. The van der Waals surface area contributed by atoms with Gasteiger partial charge in [-0.15, -0.1) is 0 Å². The van der Waals surface area contributed by atoms with E-state index in [0.29, 0.717) is 19.3 Å². The number of esters is 3. The SMILES string of the molecule is CC/C=C\C/C=C\C/C=C\C/C=C\C/C=C\CCCC(=O)O[C@H](COC(=O)CCCCCCC/C=C\C/C=C\CCCCC)COC(=O)CCCCCCC/C=C\CCCCCC. The van der Waals surface area contributed by atoms with Gasteiger partial charge in [0.2, 0.25) is 0 Å². The molecule has 0 saturated carbocycles. The summed E-state index contributed by atoms with van der Waals surface area (Å²) in [6.07, 6.45) is 66.8. The molecule has 0 radical (unpaired) electrons. The molecule has 0 heterocycles. The van der Waals surface area contributed by atoms with E-state index in [9.17, 15) is 14.4 Å². The lowest BCUT2D eigenvalue weighted by molar-refractivity contribution is -0.167. The fraction of sp³-hybridized carbons (Fsp3) is 0.667. The van der Waals surface area contributed by atoms with Crippen LogP contribution in [0.5, 0.6) is 0 Å². The van der Waals surface area contributed by atoms with Crippen LogP contribution in [0, 0.1) is 0 Å². The molecule has 6 heteroatoms. The van der Waals surface area contributed by atoms with Crippen molar-refractivity contribution in [2.24, 2.45) is 0 Å². The Kier molecular flexibility index (Phi) is 48.0. The third-order valence-corrected chi connectivity index (χ3v) is 10.5. The third kappa shape index (κ3) is 49.2. The zero-order valence-corrected chi connectivity index (χ0v) is 40.8. The highest BCUT2D eigenvalue weighted by Gasteiger charge is 2.19. The summed E-state index contributed by atoms with van der Waals surface area (Å²) < 4.78 is 16.7. The zero-order chi connectivity index (χ0) is 45.8. The van der Waals surface area contributed by atoms with Crippen molar-refractivity contribution in [3.8, 4) is 0 Å². The quantitative estimate of drug-likeness (QED) is 0.0262. The second kappa shape index (κ2) is 51.0. The number of carbonyl (C=O) groups excluding carboxylic acids is 3. The molecule has 0 aromatic rings. The van der Waals surface area contributed by atoms with Gasteiger partial charge in [-0.1, -0.05) is 189 Å². The molecule has 0 fully saturated rings. The van der Waals surface area contributed by atoms with Crippen LogP contribution in [0.25, 0.3) is 0 Å². The monoisotopic (exact) mass is 875 g/mol. The fourth-order valence-corrected chi connectivity index (χ4v) is 6.68. The van der Waals surface area contributed by atoms with Gasteiger partial charge < -0.3 is 14.2 Å². The Labute approximate surface area is 387 Å². The molecule has 1 atom stereocenters. The second-order valence-electron chi connectivity index (χ2n) is 16.7. The van der Waals surface area contributed by atoms with Gasteiger partial charge in [0.05, 0.1) is 0 Å². The van der Waals surface area contributed by atoms with E-state index < -0.39 is 6.10 Å². The number of rotatable bonds is 45. The van der Waals surface area contributed by atoms with E-state index in [2.05, 4.69) is 118 Å². The number of hydrogen-bond acceptors (Lipinski definition) is 6. The van der Waals surface area contributed by atoms with Crippen molar-refractivity contribution in [2.75, 3.05) is 13.2 Å². The molecule has 0 aromatic carbocycles. The number of hydrogen-bond donors (Lipinski definition) is 0. The summed E-state index contributed by atoms with van der Waals surface area (Å²) in [4.78, 5) is 38.0. The van der Waals surface area contributed by atoms with E-state index >= 15 is 0 Å². The van der Waals surface area contributed by atoms with Crippen LogP contribution in [0.3, 0.4) is 0 Å². The van der Waals surface area contributed by atoms with E-state index in [1.54, 1.807) is 0 Å². The number of carbonyl (C=O) groups is 3. The van der Waals surface area contributed by atoms with Crippen LogP contribution in [0.15, 0.2) is 97.2 Å². The maximum atomic E-state index is 12.8. The van der Waals surface area contributed by atoms with Gasteiger partial charge in [0.15, 0.2) is 6.10 Å². The van der Waals surface area contributed by atoms with E-state index in [1.807, 2.05) is 0 Å². The van der Waals surface area contributed by atoms with Crippen molar-refractivity contribution in [3.63, 3.8) is 0 Å². The first-order chi connectivity index (χ1) is 31.0. The van der Waals surface area contributed by atoms with Gasteiger partial charge in [-0.2, -0.15) is 0 Å². The lowest BCUT2D eigenvalue weighted by atomic mass is 10.1. The molecular formula is C57H94O6. The molecule has 0 bridgehead atoms. The van der Waals surface area contributed by atoms with Gasteiger partial charge in [0.25, 0.3) is 0 Å². The lowest BCUT2D eigenvalue weighted by Crippen LogP contribution is -2.30. The van der Waals surface area contributed by atoms with Gasteiger partial charge in [0, 0.05) is 19.3 Å². The molecule has 6 nitrogen and oxygen atoms in total. The molecule has 0 aliphatic heterocycles. The van der Waals surface area contributed by atoms with Crippen LogP contribution in [-0.4, -0.2) is 37.2 Å². The summed E-state index contributed by atoms with van der Waals surface area (Å²) in [6.45, 7) is 6.40. The van der Waals surface area contributed by atoms with Crippen LogP contribution in [0.4, 0.5) is 0 Å². The molecule has 0 rings (SSSR count). The summed E-state index contributed by atoms with van der Waals surface area (Å²) in [6, 6.07) is 0. The average Bonchev–Trinajstić information content (AvgIpc) is 3.28. The predicted molar refractivity (Wildman–Crippen MR) is 270 cm³/mol. The van der Waals surface area contributed by atoms with Gasteiger partial charge in [-0.3, -0.25) is 14.4 Å². The van der Waals surface area contributed by atoms with Crippen LogP contribution in [-0.2, 0) is 28.6 Å². The van der Waals surface area contributed by atoms with Gasteiger partial charge in [-0.05, 0) is 116 Å². The highest BCUT2D eigenvalue weighted by atomic mass is 16.6. The van der Waals surface area contributed by atoms with Crippen LogP contribution in [0.2, 0.25) is 0 Å². The van der Waals surface area contributed by atoms with Crippen molar-refractivity contribution in [2.45, 2.75) is 232 Å². The third-order valence-electron chi connectivity index (χ3n) is 10.5. The Hall–Kier alpha value is -3.67. The Morgan fingerprint density at radius 2 is 0.635 bits per heavy atom. The molecular weight excluding hydrogens is 781 g/mol. The summed E-state index contributed by atoms with van der Waals surface area (Å²) in [5.41, 5.74) is 0. The molecule has 0 aliphatic carbocycles. The molecule has 0 spiro atoms. The van der Waals surface area contributed by atoms with Crippen molar-refractivity contribution >= 4 is 17.9 Å². The lowest BCUT2D eigenvalue weighted by Gasteiger charge is -2.18. The first kappa shape index (κ1) is 59.3. The highest BCUT2D eigenvalue weighted by molar-refractivity contribution is 5.71. The molecule has 0 N–H and O–H groups in total.